The predicted molar refractivity (Wildman–Crippen MR) is 88.0 cm³/mol. The number of esters is 1. The van der Waals surface area contributed by atoms with Gasteiger partial charge in [-0.05, 0) is 38.8 Å². The van der Waals surface area contributed by atoms with Gasteiger partial charge in [-0.1, -0.05) is 19.4 Å². The first-order chi connectivity index (χ1) is 10.6. The van der Waals surface area contributed by atoms with Crippen molar-refractivity contribution in [3.05, 3.63) is 23.8 Å². The van der Waals surface area contributed by atoms with E-state index < -0.39 is 6.10 Å². The highest BCUT2D eigenvalue weighted by atomic mass is 35.5. The second-order valence-electron chi connectivity index (χ2n) is 4.89. The van der Waals surface area contributed by atoms with E-state index in [1.54, 1.807) is 13.8 Å². The smallest absolute Gasteiger partial charge is 0.347 e. The van der Waals surface area contributed by atoms with E-state index in [9.17, 15) is 4.79 Å². The molecule has 0 amide bonds. The molecule has 0 aliphatic carbocycles. The Balaban J connectivity index is 2.88. The molecule has 4 nitrogen and oxygen atoms in total. The van der Waals surface area contributed by atoms with Gasteiger partial charge in [-0.2, -0.15) is 0 Å². The summed E-state index contributed by atoms with van der Waals surface area (Å²) in [4.78, 5) is 11.7. The molecule has 5 heteroatoms. The van der Waals surface area contributed by atoms with Crippen LogP contribution >= 0.6 is 11.6 Å². The summed E-state index contributed by atoms with van der Waals surface area (Å²) < 4.78 is 16.5. The monoisotopic (exact) mass is 328 g/mol. The molecule has 1 atom stereocenters. The van der Waals surface area contributed by atoms with Crippen LogP contribution in [0.5, 0.6) is 11.5 Å². The third-order valence-electron chi connectivity index (χ3n) is 3.05. The predicted octanol–water partition coefficient (Wildman–Crippen LogP) is 3.98. The van der Waals surface area contributed by atoms with E-state index in [0.717, 1.165) is 30.6 Å². The van der Waals surface area contributed by atoms with E-state index in [2.05, 4.69) is 6.92 Å². The summed E-state index contributed by atoms with van der Waals surface area (Å²) in [7, 11) is 0. The van der Waals surface area contributed by atoms with Gasteiger partial charge in [0, 0.05) is 11.4 Å². The van der Waals surface area contributed by atoms with Gasteiger partial charge in [0.2, 0.25) is 0 Å². The van der Waals surface area contributed by atoms with E-state index in [1.807, 2.05) is 18.2 Å². The molecule has 0 fully saturated rings. The van der Waals surface area contributed by atoms with Crippen LogP contribution in [-0.2, 0) is 16.0 Å². The van der Waals surface area contributed by atoms with Crippen LogP contribution < -0.4 is 9.47 Å². The van der Waals surface area contributed by atoms with Crippen LogP contribution in [0.1, 0.15) is 39.2 Å². The van der Waals surface area contributed by atoms with Crippen molar-refractivity contribution in [2.75, 3.05) is 19.1 Å². The quantitative estimate of drug-likeness (QED) is 0.370. The van der Waals surface area contributed by atoms with Crippen molar-refractivity contribution in [2.45, 2.75) is 46.1 Å². The van der Waals surface area contributed by atoms with Crippen LogP contribution in [0.3, 0.4) is 0 Å². The van der Waals surface area contributed by atoms with Crippen LogP contribution in [0.25, 0.3) is 0 Å². The molecule has 0 bridgehead atoms. The van der Waals surface area contributed by atoms with Crippen molar-refractivity contribution in [1.29, 1.82) is 0 Å². The largest absolute Gasteiger partial charge is 0.493 e. The summed E-state index contributed by atoms with van der Waals surface area (Å²) in [5, 5.41) is 0. The van der Waals surface area contributed by atoms with Crippen LogP contribution in [0.2, 0.25) is 0 Å². The normalized spacial score (nSPS) is 11.8. The fourth-order valence-electron chi connectivity index (χ4n) is 2.02. The molecular weight excluding hydrogens is 304 g/mol. The number of benzene rings is 1. The lowest BCUT2D eigenvalue weighted by atomic mass is 10.1. The van der Waals surface area contributed by atoms with Crippen molar-refractivity contribution in [3.8, 4) is 11.5 Å². The van der Waals surface area contributed by atoms with Crippen LogP contribution in [-0.4, -0.2) is 31.2 Å². The average molecular weight is 329 g/mol. The number of carbonyl (C=O) groups is 1. The van der Waals surface area contributed by atoms with Crippen molar-refractivity contribution in [3.63, 3.8) is 0 Å². The van der Waals surface area contributed by atoms with Gasteiger partial charge in [0.05, 0.1) is 13.2 Å². The second-order valence-corrected chi connectivity index (χ2v) is 5.26. The number of hydrogen-bond donors (Lipinski definition) is 0. The second kappa shape index (κ2) is 10.3. The molecular formula is C17H25ClO4. The highest BCUT2D eigenvalue weighted by Gasteiger charge is 2.19. The Morgan fingerprint density at radius 2 is 2.00 bits per heavy atom. The van der Waals surface area contributed by atoms with E-state index in [1.165, 1.54) is 0 Å². The summed E-state index contributed by atoms with van der Waals surface area (Å²) in [5.41, 5.74) is 0.982. The molecule has 0 radical (unpaired) electrons. The number of carbonyl (C=O) groups excluding carboxylic acids is 1. The molecule has 0 heterocycles. The molecule has 0 spiro atoms. The fraction of sp³-hybridized carbons (Fsp3) is 0.588. The summed E-state index contributed by atoms with van der Waals surface area (Å²) in [6, 6.07) is 5.64. The van der Waals surface area contributed by atoms with Crippen molar-refractivity contribution in [1.82, 2.24) is 0 Å². The van der Waals surface area contributed by atoms with Crippen LogP contribution in [0, 0.1) is 0 Å². The minimum absolute atomic E-state index is 0.343. The third kappa shape index (κ3) is 5.76. The molecule has 1 aromatic carbocycles. The Kier molecular flexibility index (Phi) is 8.75. The molecule has 0 saturated carbocycles. The molecule has 1 aromatic rings. The Bertz CT molecular complexity index is 462. The lowest BCUT2D eigenvalue weighted by Crippen LogP contribution is -2.26. The third-order valence-corrected chi connectivity index (χ3v) is 3.32. The highest BCUT2D eigenvalue weighted by Crippen LogP contribution is 2.31. The van der Waals surface area contributed by atoms with Gasteiger partial charge in [0.15, 0.2) is 6.10 Å². The fourth-order valence-corrected chi connectivity index (χ4v) is 2.13. The average Bonchev–Trinajstić information content (AvgIpc) is 2.50. The molecule has 0 N–H and O–H groups in total. The van der Waals surface area contributed by atoms with Gasteiger partial charge in [0.25, 0.3) is 0 Å². The van der Waals surface area contributed by atoms with Gasteiger partial charge in [-0.15, -0.1) is 11.6 Å². The Labute approximate surface area is 137 Å². The number of hydrogen-bond acceptors (Lipinski definition) is 4. The van der Waals surface area contributed by atoms with Crippen molar-refractivity contribution < 1.29 is 19.0 Å². The minimum Gasteiger partial charge on any atom is -0.493 e. The standard InChI is InChI=1S/C17H25ClO4/c1-4-8-14-15(21-12-7-11-18)9-6-10-16(14)22-13(3)17(19)20-5-2/h6,9-10,13H,4-5,7-8,11-12H2,1-3H3. The molecule has 0 aliphatic heterocycles. The highest BCUT2D eigenvalue weighted by molar-refractivity contribution is 6.17. The van der Waals surface area contributed by atoms with Crippen molar-refractivity contribution in [2.24, 2.45) is 0 Å². The van der Waals surface area contributed by atoms with Crippen LogP contribution in [0.4, 0.5) is 0 Å². The Hall–Kier alpha value is -1.42. The summed E-state index contributed by atoms with van der Waals surface area (Å²) >= 11 is 5.68. The molecule has 0 aromatic heterocycles. The number of ether oxygens (including phenoxy) is 3. The molecule has 1 unspecified atom stereocenters. The Morgan fingerprint density at radius 3 is 2.64 bits per heavy atom. The summed E-state index contributed by atoms with van der Waals surface area (Å²) in [6.07, 6.45) is 1.92. The van der Waals surface area contributed by atoms with Crippen LogP contribution in [0.15, 0.2) is 18.2 Å². The van der Waals surface area contributed by atoms with Gasteiger partial charge >= 0.3 is 5.97 Å². The maximum atomic E-state index is 11.7. The maximum absolute atomic E-state index is 11.7. The number of halogens is 1. The first-order valence-corrected chi connectivity index (χ1v) is 8.31. The molecule has 124 valence electrons. The first-order valence-electron chi connectivity index (χ1n) is 7.77. The number of alkyl halides is 1. The SMILES string of the molecule is CCCc1c(OCCCCl)cccc1OC(C)C(=O)OCC. The molecule has 22 heavy (non-hydrogen) atoms. The molecule has 1 rings (SSSR count). The van der Waals surface area contributed by atoms with Gasteiger partial charge < -0.3 is 14.2 Å². The Morgan fingerprint density at radius 1 is 1.27 bits per heavy atom. The van der Waals surface area contributed by atoms with E-state index in [4.69, 9.17) is 25.8 Å². The summed E-state index contributed by atoms with van der Waals surface area (Å²) in [5.74, 6) is 1.67. The van der Waals surface area contributed by atoms with E-state index >= 15 is 0 Å². The number of rotatable bonds is 10. The van der Waals surface area contributed by atoms with E-state index in [-0.39, 0.29) is 5.97 Å². The molecule has 0 saturated heterocycles. The lowest BCUT2D eigenvalue weighted by molar-refractivity contribution is -0.150. The first kappa shape index (κ1) is 18.6. The summed E-state index contributed by atoms with van der Waals surface area (Å²) in [6.45, 7) is 6.47. The van der Waals surface area contributed by atoms with Gasteiger partial charge in [-0.3, -0.25) is 0 Å². The maximum Gasteiger partial charge on any atom is 0.347 e. The van der Waals surface area contributed by atoms with Gasteiger partial charge in [0.1, 0.15) is 11.5 Å². The van der Waals surface area contributed by atoms with E-state index in [0.29, 0.717) is 24.8 Å². The zero-order valence-corrected chi connectivity index (χ0v) is 14.3. The van der Waals surface area contributed by atoms with Crippen molar-refractivity contribution >= 4 is 17.6 Å². The topological polar surface area (TPSA) is 44.8 Å². The zero-order chi connectivity index (χ0) is 16.4. The van der Waals surface area contributed by atoms with Gasteiger partial charge in [-0.25, -0.2) is 4.79 Å². The molecule has 0 aliphatic rings. The lowest BCUT2D eigenvalue weighted by Gasteiger charge is -2.18. The minimum atomic E-state index is -0.645. The zero-order valence-electron chi connectivity index (χ0n) is 13.6.